The van der Waals surface area contributed by atoms with E-state index >= 15 is 0 Å². The highest BCUT2D eigenvalue weighted by Crippen LogP contribution is 2.31. The van der Waals surface area contributed by atoms with Crippen LogP contribution in [0.4, 0.5) is 0 Å². The van der Waals surface area contributed by atoms with Crippen LogP contribution in [0.5, 0.6) is 0 Å². The second-order valence-electron chi connectivity index (χ2n) is 3.69. The summed E-state index contributed by atoms with van der Waals surface area (Å²) in [4.78, 5) is 0. The number of rotatable bonds is 3. The molecule has 0 radical (unpaired) electrons. The molecule has 1 atom stereocenters. The van der Waals surface area contributed by atoms with Gasteiger partial charge in [-0.3, -0.25) is 5.84 Å². The van der Waals surface area contributed by atoms with Crippen molar-refractivity contribution in [3.63, 3.8) is 0 Å². The van der Waals surface area contributed by atoms with Crippen LogP contribution in [0, 0.1) is 6.92 Å². The number of benzene rings is 1. The van der Waals surface area contributed by atoms with E-state index in [4.69, 9.17) is 5.84 Å². The lowest BCUT2D eigenvalue weighted by Gasteiger charge is -2.16. The van der Waals surface area contributed by atoms with Gasteiger partial charge in [-0.2, -0.15) is 11.3 Å². The Kier molecular flexibility index (Phi) is 3.76. The van der Waals surface area contributed by atoms with Crippen molar-refractivity contribution in [3.05, 3.63) is 56.2 Å². The molecule has 0 saturated carbocycles. The summed E-state index contributed by atoms with van der Waals surface area (Å²) in [5, 5.41) is 4.17. The highest BCUT2D eigenvalue weighted by molar-refractivity contribution is 9.10. The Morgan fingerprint density at radius 1 is 1.25 bits per heavy atom. The predicted molar refractivity (Wildman–Crippen MR) is 72.4 cm³/mol. The van der Waals surface area contributed by atoms with Crippen LogP contribution < -0.4 is 11.3 Å². The van der Waals surface area contributed by atoms with E-state index in [0.29, 0.717) is 0 Å². The largest absolute Gasteiger partial charge is 0.271 e. The number of nitrogens with one attached hydrogen (secondary N) is 1. The standard InChI is InChI=1S/C12H13BrN2S/c1-8-2-4-9(5-3-8)12(15-14)10-6-16-7-11(10)13/h2-7,12,15H,14H2,1H3. The molecule has 3 N–H and O–H groups in total. The summed E-state index contributed by atoms with van der Waals surface area (Å²) in [6.45, 7) is 2.08. The zero-order valence-electron chi connectivity index (χ0n) is 8.91. The Hall–Kier alpha value is -0.680. The molecule has 0 aliphatic rings. The minimum atomic E-state index is 0.0428. The molecule has 0 aliphatic heterocycles. The molecule has 0 fully saturated rings. The first-order valence-corrected chi connectivity index (χ1v) is 6.70. The second kappa shape index (κ2) is 5.10. The fraction of sp³-hybridized carbons (Fsp3) is 0.167. The van der Waals surface area contributed by atoms with Crippen LogP contribution in [0.15, 0.2) is 39.5 Å². The summed E-state index contributed by atoms with van der Waals surface area (Å²) in [5.74, 6) is 5.64. The highest BCUT2D eigenvalue weighted by Gasteiger charge is 2.15. The predicted octanol–water partition coefficient (Wildman–Crippen LogP) is 3.37. The van der Waals surface area contributed by atoms with Crippen molar-refractivity contribution in [1.82, 2.24) is 5.43 Å². The van der Waals surface area contributed by atoms with Crippen molar-refractivity contribution >= 4 is 27.3 Å². The maximum atomic E-state index is 5.64. The second-order valence-corrected chi connectivity index (χ2v) is 5.28. The van der Waals surface area contributed by atoms with Crippen LogP contribution >= 0.6 is 27.3 Å². The van der Waals surface area contributed by atoms with Crippen LogP contribution in [-0.4, -0.2) is 0 Å². The maximum absolute atomic E-state index is 5.64. The fourth-order valence-electron chi connectivity index (χ4n) is 1.62. The Bertz CT molecular complexity index is 464. The molecule has 0 aliphatic carbocycles. The van der Waals surface area contributed by atoms with E-state index in [9.17, 15) is 0 Å². The molecule has 84 valence electrons. The summed E-state index contributed by atoms with van der Waals surface area (Å²) in [6, 6.07) is 8.44. The lowest BCUT2D eigenvalue weighted by atomic mass is 10.0. The van der Waals surface area contributed by atoms with Gasteiger partial charge in [-0.15, -0.1) is 0 Å². The number of aryl methyl sites for hydroxylation is 1. The van der Waals surface area contributed by atoms with Gasteiger partial charge in [0.05, 0.1) is 6.04 Å². The van der Waals surface area contributed by atoms with E-state index in [-0.39, 0.29) is 6.04 Å². The number of hydrazine groups is 1. The molecular formula is C12H13BrN2S. The van der Waals surface area contributed by atoms with Crippen molar-refractivity contribution in [2.24, 2.45) is 5.84 Å². The Labute approximate surface area is 108 Å². The molecule has 1 aromatic carbocycles. The van der Waals surface area contributed by atoms with Crippen LogP contribution in [-0.2, 0) is 0 Å². The first kappa shape index (κ1) is 11.8. The van der Waals surface area contributed by atoms with Gasteiger partial charge in [0.1, 0.15) is 0 Å². The van der Waals surface area contributed by atoms with Gasteiger partial charge < -0.3 is 0 Å². The third kappa shape index (κ3) is 2.35. The van der Waals surface area contributed by atoms with Gasteiger partial charge in [-0.05, 0) is 39.4 Å². The van der Waals surface area contributed by atoms with Gasteiger partial charge in [-0.25, -0.2) is 5.43 Å². The topological polar surface area (TPSA) is 38.0 Å². The Morgan fingerprint density at radius 2 is 1.94 bits per heavy atom. The van der Waals surface area contributed by atoms with Crippen molar-refractivity contribution in [3.8, 4) is 0 Å². The fourth-order valence-corrected chi connectivity index (χ4v) is 3.17. The number of nitrogens with two attached hydrogens (primary N) is 1. The molecule has 16 heavy (non-hydrogen) atoms. The number of hydrogen-bond acceptors (Lipinski definition) is 3. The minimum Gasteiger partial charge on any atom is -0.271 e. The Morgan fingerprint density at radius 3 is 2.44 bits per heavy atom. The van der Waals surface area contributed by atoms with E-state index in [1.54, 1.807) is 11.3 Å². The molecule has 1 aromatic heterocycles. The normalized spacial score (nSPS) is 12.7. The summed E-state index contributed by atoms with van der Waals surface area (Å²) < 4.78 is 1.10. The minimum absolute atomic E-state index is 0.0428. The molecular weight excluding hydrogens is 284 g/mol. The first-order valence-electron chi connectivity index (χ1n) is 4.96. The molecule has 2 nitrogen and oxygen atoms in total. The molecule has 0 saturated heterocycles. The smallest absolute Gasteiger partial charge is 0.0729 e. The summed E-state index contributed by atoms with van der Waals surface area (Å²) in [5.41, 5.74) is 6.46. The molecule has 4 heteroatoms. The van der Waals surface area contributed by atoms with E-state index in [0.717, 1.165) is 4.47 Å². The maximum Gasteiger partial charge on any atom is 0.0729 e. The number of halogens is 1. The quantitative estimate of drug-likeness (QED) is 0.673. The lowest BCUT2D eigenvalue weighted by Crippen LogP contribution is -2.28. The van der Waals surface area contributed by atoms with Gasteiger partial charge >= 0.3 is 0 Å². The zero-order chi connectivity index (χ0) is 11.5. The Balaban J connectivity index is 2.37. The van der Waals surface area contributed by atoms with Crippen LogP contribution in [0.2, 0.25) is 0 Å². The summed E-state index contributed by atoms with van der Waals surface area (Å²) in [7, 11) is 0. The molecule has 2 aromatic rings. The first-order chi connectivity index (χ1) is 7.72. The van der Waals surface area contributed by atoms with Crippen molar-refractivity contribution in [2.75, 3.05) is 0 Å². The van der Waals surface area contributed by atoms with Gasteiger partial charge in [0.2, 0.25) is 0 Å². The SMILES string of the molecule is Cc1ccc(C(NN)c2cscc2Br)cc1. The summed E-state index contributed by atoms with van der Waals surface area (Å²) >= 11 is 5.20. The molecule has 0 bridgehead atoms. The average Bonchev–Trinajstić information content (AvgIpc) is 2.69. The number of hydrogen-bond donors (Lipinski definition) is 2. The van der Waals surface area contributed by atoms with Crippen LogP contribution in [0.25, 0.3) is 0 Å². The molecule has 1 unspecified atom stereocenters. The molecule has 1 heterocycles. The van der Waals surface area contributed by atoms with Crippen molar-refractivity contribution in [2.45, 2.75) is 13.0 Å². The third-order valence-corrected chi connectivity index (χ3v) is 4.28. The molecule has 2 rings (SSSR count). The average molecular weight is 297 g/mol. The zero-order valence-corrected chi connectivity index (χ0v) is 11.3. The lowest BCUT2D eigenvalue weighted by molar-refractivity contribution is 0.636. The highest BCUT2D eigenvalue weighted by atomic mass is 79.9. The van der Waals surface area contributed by atoms with Crippen LogP contribution in [0.3, 0.4) is 0 Å². The molecule has 0 spiro atoms. The van der Waals surface area contributed by atoms with E-state index in [1.807, 2.05) is 0 Å². The molecule has 0 amide bonds. The van der Waals surface area contributed by atoms with Gasteiger partial charge in [0.15, 0.2) is 0 Å². The van der Waals surface area contributed by atoms with Gasteiger partial charge in [0.25, 0.3) is 0 Å². The van der Waals surface area contributed by atoms with E-state index < -0.39 is 0 Å². The monoisotopic (exact) mass is 296 g/mol. The summed E-state index contributed by atoms with van der Waals surface area (Å²) in [6.07, 6.45) is 0. The van der Waals surface area contributed by atoms with E-state index in [1.165, 1.54) is 16.7 Å². The third-order valence-electron chi connectivity index (χ3n) is 2.53. The van der Waals surface area contributed by atoms with Gasteiger partial charge in [0, 0.05) is 9.85 Å². The van der Waals surface area contributed by atoms with E-state index in [2.05, 4.69) is 63.3 Å². The van der Waals surface area contributed by atoms with Crippen molar-refractivity contribution < 1.29 is 0 Å². The van der Waals surface area contributed by atoms with Crippen molar-refractivity contribution in [1.29, 1.82) is 0 Å². The number of thiophene rings is 1. The van der Waals surface area contributed by atoms with Crippen LogP contribution in [0.1, 0.15) is 22.7 Å². The van der Waals surface area contributed by atoms with Gasteiger partial charge in [-0.1, -0.05) is 29.8 Å².